The molecule has 1 saturated heterocycles. The number of nitrogens with one attached hydrogen (secondary N) is 1. The van der Waals surface area contributed by atoms with Gasteiger partial charge in [0.15, 0.2) is 11.2 Å². The lowest BCUT2D eigenvalue weighted by atomic mass is 9.95. The Kier molecular flexibility index (Phi) is 5.44. The third-order valence-corrected chi connectivity index (χ3v) is 5.37. The minimum atomic E-state index is -0.544. The third kappa shape index (κ3) is 3.68. The van der Waals surface area contributed by atoms with Gasteiger partial charge in [-0.3, -0.25) is 13.9 Å². The Morgan fingerprint density at radius 3 is 2.90 bits per heavy atom. The monoisotopic (exact) mass is 419 g/mol. The molecule has 1 aliphatic rings. The zero-order valence-corrected chi connectivity index (χ0v) is 16.4. The second kappa shape index (κ2) is 8.02. The van der Waals surface area contributed by atoms with Gasteiger partial charge in [-0.1, -0.05) is 17.7 Å². The summed E-state index contributed by atoms with van der Waals surface area (Å²) < 4.78 is 22.4. The van der Waals surface area contributed by atoms with E-state index in [-0.39, 0.29) is 28.6 Å². The number of halogens is 2. The molecule has 1 aliphatic heterocycles. The van der Waals surface area contributed by atoms with Crippen LogP contribution in [0.15, 0.2) is 40.2 Å². The maximum absolute atomic E-state index is 14.0. The quantitative estimate of drug-likeness (QED) is 0.687. The van der Waals surface area contributed by atoms with E-state index >= 15 is 0 Å². The predicted octanol–water partition coefficient (Wildman–Crippen LogP) is 1.26. The van der Waals surface area contributed by atoms with Crippen LogP contribution in [0.1, 0.15) is 11.7 Å². The highest BCUT2D eigenvalue weighted by Gasteiger charge is 2.29. The highest BCUT2D eigenvalue weighted by atomic mass is 35.5. The van der Waals surface area contributed by atoms with Gasteiger partial charge in [-0.15, -0.1) is 0 Å². The molecule has 3 heterocycles. The Morgan fingerprint density at radius 2 is 2.10 bits per heavy atom. The number of fused-ring (bicyclic) bond motifs is 1. The van der Waals surface area contributed by atoms with Crippen LogP contribution in [0.4, 0.5) is 4.39 Å². The van der Waals surface area contributed by atoms with Crippen LogP contribution < -0.4 is 16.6 Å². The van der Waals surface area contributed by atoms with Crippen LogP contribution in [0.2, 0.25) is 5.02 Å². The van der Waals surface area contributed by atoms with E-state index in [1.54, 1.807) is 13.1 Å². The number of hydrogen-bond acceptors (Lipinski definition) is 6. The molecule has 1 N–H and O–H groups in total. The maximum atomic E-state index is 14.0. The molecule has 0 saturated carbocycles. The van der Waals surface area contributed by atoms with Gasteiger partial charge in [0.1, 0.15) is 5.82 Å². The molecule has 2 aromatic heterocycles. The molecule has 2 atom stereocenters. The van der Waals surface area contributed by atoms with Crippen molar-refractivity contribution in [3.8, 4) is 0 Å². The van der Waals surface area contributed by atoms with Gasteiger partial charge in [0.05, 0.1) is 17.7 Å². The van der Waals surface area contributed by atoms with E-state index in [2.05, 4.69) is 15.3 Å². The minimum Gasteiger partial charge on any atom is -0.372 e. The lowest BCUT2D eigenvalue weighted by Crippen LogP contribution is -2.43. The Hall–Kier alpha value is -2.62. The molecule has 29 heavy (non-hydrogen) atoms. The Morgan fingerprint density at radius 1 is 1.31 bits per heavy atom. The molecule has 4 rings (SSSR count). The van der Waals surface area contributed by atoms with Crippen LogP contribution in [-0.2, 0) is 18.3 Å². The molecule has 10 heteroatoms. The summed E-state index contributed by atoms with van der Waals surface area (Å²) >= 11 is 5.80. The lowest BCUT2D eigenvalue weighted by molar-refractivity contribution is 0.0244. The fraction of sp³-hybridized carbons (Fsp3) is 0.368. The van der Waals surface area contributed by atoms with E-state index in [4.69, 9.17) is 16.3 Å². The van der Waals surface area contributed by atoms with Gasteiger partial charge in [-0.2, -0.15) is 0 Å². The second-order valence-electron chi connectivity index (χ2n) is 6.92. The molecule has 0 amide bonds. The first kappa shape index (κ1) is 19.7. The SMILES string of the molecule is Cn1c(=O)n(C[C@@H]2CNCCO[C@H]2c2ccc(Cl)c(F)c2)c(=O)c2nccnc21. The highest BCUT2D eigenvalue weighted by Crippen LogP contribution is 2.30. The van der Waals surface area contributed by atoms with Crippen LogP contribution >= 0.6 is 11.6 Å². The van der Waals surface area contributed by atoms with Crippen molar-refractivity contribution < 1.29 is 9.13 Å². The molecule has 0 unspecified atom stereocenters. The smallest absolute Gasteiger partial charge is 0.332 e. The van der Waals surface area contributed by atoms with Gasteiger partial charge >= 0.3 is 5.69 Å². The van der Waals surface area contributed by atoms with Gasteiger partial charge in [0.25, 0.3) is 5.56 Å². The van der Waals surface area contributed by atoms with E-state index in [9.17, 15) is 14.0 Å². The van der Waals surface area contributed by atoms with Crippen LogP contribution in [0.3, 0.4) is 0 Å². The van der Waals surface area contributed by atoms with Crippen molar-refractivity contribution in [1.82, 2.24) is 24.4 Å². The zero-order valence-electron chi connectivity index (χ0n) is 15.6. The van der Waals surface area contributed by atoms with E-state index in [0.717, 1.165) is 4.57 Å². The van der Waals surface area contributed by atoms with Gasteiger partial charge in [0, 0.05) is 45.0 Å². The first-order chi connectivity index (χ1) is 14.0. The van der Waals surface area contributed by atoms with E-state index in [0.29, 0.717) is 25.3 Å². The number of ether oxygens (including phenoxy) is 1. The summed E-state index contributed by atoms with van der Waals surface area (Å²) in [5, 5.41) is 3.26. The van der Waals surface area contributed by atoms with Crippen LogP contribution in [0, 0.1) is 11.7 Å². The minimum absolute atomic E-state index is 0.0234. The maximum Gasteiger partial charge on any atom is 0.332 e. The number of benzene rings is 1. The Bertz CT molecular complexity index is 1180. The molecule has 0 radical (unpaired) electrons. The van der Waals surface area contributed by atoms with Crippen molar-refractivity contribution in [2.24, 2.45) is 13.0 Å². The Balaban J connectivity index is 1.77. The average molecular weight is 420 g/mol. The topological polar surface area (TPSA) is 91.0 Å². The fourth-order valence-corrected chi connectivity index (χ4v) is 3.73. The molecular weight excluding hydrogens is 401 g/mol. The average Bonchev–Trinajstić information content (AvgIpc) is 2.97. The molecule has 0 spiro atoms. The molecular formula is C19H19ClFN5O3. The number of aryl methyl sites for hydroxylation is 1. The van der Waals surface area contributed by atoms with Gasteiger partial charge in [0.2, 0.25) is 0 Å². The highest BCUT2D eigenvalue weighted by molar-refractivity contribution is 6.30. The fourth-order valence-electron chi connectivity index (χ4n) is 3.62. The molecule has 1 fully saturated rings. The van der Waals surface area contributed by atoms with E-state index in [1.165, 1.54) is 29.1 Å². The van der Waals surface area contributed by atoms with Crippen LogP contribution in [0.25, 0.3) is 11.2 Å². The summed E-state index contributed by atoms with van der Waals surface area (Å²) in [5.41, 5.74) is -0.0580. The van der Waals surface area contributed by atoms with Crippen molar-refractivity contribution >= 4 is 22.8 Å². The summed E-state index contributed by atoms with van der Waals surface area (Å²) in [4.78, 5) is 33.9. The molecule has 1 aromatic carbocycles. The van der Waals surface area contributed by atoms with Crippen molar-refractivity contribution in [3.63, 3.8) is 0 Å². The Labute approximate surface area is 169 Å². The number of aromatic nitrogens is 4. The second-order valence-corrected chi connectivity index (χ2v) is 7.32. The van der Waals surface area contributed by atoms with Crippen molar-refractivity contribution in [2.75, 3.05) is 19.7 Å². The zero-order chi connectivity index (χ0) is 20.5. The molecule has 8 nitrogen and oxygen atoms in total. The van der Waals surface area contributed by atoms with E-state index < -0.39 is 23.2 Å². The summed E-state index contributed by atoms with van der Waals surface area (Å²) in [5.74, 6) is -0.838. The summed E-state index contributed by atoms with van der Waals surface area (Å²) in [6.45, 7) is 1.60. The van der Waals surface area contributed by atoms with Crippen molar-refractivity contribution in [2.45, 2.75) is 12.6 Å². The lowest BCUT2D eigenvalue weighted by Gasteiger charge is -2.26. The first-order valence-electron chi connectivity index (χ1n) is 9.15. The normalized spacial score (nSPS) is 20.0. The van der Waals surface area contributed by atoms with Gasteiger partial charge < -0.3 is 10.1 Å². The van der Waals surface area contributed by atoms with Crippen molar-refractivity contribution in [1.29, 1.82) is 0 Å². The third-order valence-electron chi connectivity index (χ3n) is 5.06. The van der Waals surface area contributed by atoms with Gasteiger partial charge in [-0.25, -0.2) is 19.2 Å². The number of rotatable bonds is 3. The molecule has 0 aliphatic carbocycles. The summed E-state index contributed by atoms with van der Waals surface area (Å²) in [7, 11) is 1.54. The van der Waals surface area contributed by atoms with E-state index in [1.807, 2.05) is 0 Å². The number of hydrogen-bond donors (Lipinski definition) is 1. The van der Waals surface area contributed by atoms with Gasteiger partial charge in [-0.05, 0) is 17.7 Å². The van der Waals surface area contributed by atoms with Crippen LogP contribution in [0.5, 0.6) is 0 Å². The molecule has 152 valence electrons. The first-order valence-corrected chi connectivity index (χ1v) is 9.53. The molecule has 0 bridgehead atoms. The largest absolute Gasteiger partial charge is 0.372 e. The van der Waals surface area contributed by atoms with Crippen LogP contribution in [-0.4, -0.2) is 38.8 Å². The standard InChI is InChI=1S/C19H19ClFN5O3/c1-25-17-15(23-4-5-24-17)18(27)26(19(25)28)10-12-9-22-6-7-29-16(12)11-2-3-13(20)14(21)8-11/h2-5,8,12,16,22H,6-7,9-10H2,1H3/t12-,16-/m0/s1. The number of nitrogens with zero attached hydrogens (tertiary/aromatic N) is 4. The van der Waals surface area contributed by atoms with Crippen molar-refractivity contribution in [3.05, 3.63) is 67.8 Å². The molecule has 3 aromatic rings. The predicted molar refractivity (Wildman–Crippen MR) is 106 cm³/mol. The summed E-state index contributed by atoms with van der Waals surface area (Å²) in [6, 6.07) is 4.50. The summed E-state index contributed by atoms with van der Waals surface area (Å²) in [6.07, 6.45) is 2.33.